The molecule has 0 radical (unpaired) electrons. The molecule has 0 spiro atoms. The normalized spacial score (nSPS) is 10.2. The first-order chi connectivity index (χ1) is 8.36. The number of hydrogen-bond donors (Lipinski definition) is 1. The molecular formula is C10H10Cl2N2O4. The van der Waals surface area contributed by atoms with Gasteiger partial charge in [0.05, 0.1) is 20.7 Å². The fourth-order valence-electron chi connectivity index (χ4n) is 1.47. The van der Waals surface area contributed by atoms with E-state index in [1.807, 2.05) is 0 Å². The van der Waals surface area contributed by atoms with Crippen LogP contribution in [0.15, 0.2) is 12.1 Å². The number of aliphatic carboxylic acids is 1. The van der Waals surface area contributed by atoms with Crippen LogP contribution >= 0.6 is 23.2 Å². The lowest BCUT2D eigenvalue weighted by atomic mass is 10.2. The van der Waals surface area contributed by atoms with Crippen LogP contribution in [0.4, 0.5) is 11.4 Å². The molecule has 0 aliphatic carbocycles. The van der Waals surface area contributed by atoms with E-state index in [1.54, 1.807) is 6.92 Å². The van der Waals surface area contributed by atoms with Gasteiger partial charge in [0.15, 0.2) is 0 Å². The zero-order valence-corrected chi connectivity index (χ0v) is 10.9. The molecule has 1 aromatic rings. The number of carboxylic acid groups (broad SMARTS) is 1. The third-order valence-corrected chi connectivity index (χ3v) is 2.81. The van der Waals surface area contributed by atoms with E-state index < -0.39 is 10.9 Å². The molecule has 98 valence electrons. The minimum Gasteiger partial charge on any atom is -0.480 e. The summed E-state index contributed by atoms with van der Waals surface area (Å²) in [5.74, 6) is -1.04. The number of halogens is 2. The van der Waals surface area contributed by atoms with Gasteiger partial charge in [-0.15, -0.1) is 0 Å². The number of nitro groups is 1. The average molecular weight is 293 g/mol. The van der Waals surface area contributed by atoms with E-state index in [2.05, 4.69) is 0 Å². The van der Waals surface area contributed by atoms with Crippen LogP contribution in [-0.2, 0) is 4.79 Å². The highest BCUT2D eigenvalue weighted by molar-refractivity contribution is 6.39. The van der Waals surface area contributed by atoms with Crippen molar-refractivity contribution in [2.75, 3.05) is 18.0 Å². The number of likely N-dealkylation sites (N-methyl/N-ethyl adjacent to an activating group) is 1. The minimum absolute atomic E-state index is 0.0531. The summed E-state index contributed by atoms with van der Waals surface area (Å²) in [6, 6.07) is 2.29. The molecule has 0 amide bonds. The van der Waals surface area contributed by atoms with Gasteiger partial charge in [0.1, 0.15) is 6.54 Å². The molecule has 0 atom stereocenters. The first-order valence-corrected chi connectivity index (χ1v) is 5.72. The SMILES string of the molecule is CCN(CC(=O)O)c1c(Cl)cc([N+](=O)[O-])cc1Cl. The van der Waals surface area contributed by atoms with Gasteiger partial charge >= 0.3 is 5.97 Å². The summed E-state index contributed by atoms with van der Waals surface area (Å²) in [5.41, 5.74) is 0.0500. The molecule has 0 fully saturated rings. The molecule has 1 N–H and O–H groups in total. The molecule has 0 aliphatic rings. The lowest BCUT2D eigenvalue weighted by Crippen LogP contribution is -2.29. The first kappa shape index (κ1) is 14.5. The van der Waals surface area contributed by atoms with Gasteiger partial charge in [0, 0.05) is 18.7 Å². The van der Waals surface area contributed by atoms with Crippen LogP contribution in [0.1, 0.15) is 6.92 Å². The second-order valence-electron chi connectivity index (χ2n) is 3.42. The number of carboxylic acids is 1. The Kier molecular flexibility index (Phi) is 4.75. The third-order valence-electron chi connectivity index (χ3n) is 2.24. The quantitative estimate of drug-likeness (QED) is 0.666. The van der Waals surface area contributed by atoms with Gasteiger partial charge in [-0.2, -0.15) is 0 Å². The Morgan fingerprint density at radius 3 is 2.28 bits per heavy atom. The minimum atomic E-state index is -1.04. The first-order valence-electron chi connectivity index (χ1n) is 4.97. The molecule has 1 aromatic carbocycles. The maximum Gasteiger partial charge on any atom is 0.323 e. The predicted octanol–water partition coefficient (Wildman–Crippen LogP) is 2.81. The van der Waals surface area contributed by atoms with E-state index in [4.69, 9.17) is 28.3 Å². The average Bonchev–Trinajstić information content (AvgIpc) is 2.25. The highest BCUT2D eigenvalue weighted by atomic mass is 35.5. The molecule has 0 saturated carbocycles. The van der Waals surface area contributed by atoms with Crippen molar-refractivity contribution in [3.8, 4) is 0 Å². The van der Waals surface area contributed by atoms with Crippen LogP contribution in [0.2, 0.25) is 10.0 Å². The van der Waals surface area contributed by atoms with Gasteiger partial charge in [-0.05, 0) is 6.92 Å². The van der Waals surface area contributed by atoms with Crippen LogP contribution in [0.5, 0.6) is 0 Å². The van der Waals surface area contributed by atoms with Gasteiger partial charge in [0.2, 0.25) is 0 Å². The zero-order valence-electron chi connectivity index (χ0n) is 9.39. The van der Waals surface area contributed by atoms with Gasteiger partial charge < -0.3 is 10.0 Å². The highest BCUT2D eigenvalue weighted by Crippen LogP contribution is 2.37. The number of rotatable bonds is 5. The Labute approximate surface area is 113 Å². The molecule has 0 unspecified atom stereocenters. The Bertz CT molecular complexity index is 470. The summed E-state index contributed by atoms with van der Waals surface area (Å²) < 4.78 is 0. The Morgan fingerprint density at radius 1 is 1.44 bits per heavy atom. The fraction of sp³-hybridized carbons (Fsp3) is 0.300. The second kappa shape index (κ2) is 5.88. The van der Waals surface area contributed by atoms with Gasteiger partial charge in [-0.3, -0.25) is 14.9 Å². The molecule has 0 saturated heterocycles. The van der Waals surface area contributed by atoms with Gasteiger partial charge in [-0.25, -0.2) is 0 Å². The summed E-state index contributed by atoms with van der Waals surface area (Å²) >= 11 is 11.8. The Hall–Kier alpha value is -1.53. The summed E-state index contributed by atoms with van der Waals surface area (Å²) in [6.07, 6.45) is 0. The van der Waals surface area contributed by atoms with E-state index >= 15 is 0 Å². The van der Waals surface area contributed by atoms with Crippen LogP contribution in [-0.4, -0.2) is 29.1 Å². The predicted molar refractivity (Wildman–Crippen MR) is 68.6 cm³/mol. The molecule has 6 nitrogen and oxygen atoms in total. The van der Waals surface area contributed by atoms with Crippen molar-refractivity contribution in [1.82, 2.24) is 0 Å². The Balaban J connectivity index is 3.23. The summed E-state index contributed by atoms with van der Waals surface area (Å²) in [5, 5.41) is 19.5. The summed E-state index contributed by atoms with van der Waals surface area (Å²) in [7, 11) is 0. The number of non-ortho nitro benzene ring substituents is 1. The van der Waals surface area contributed by atoms with Crippen molar-refractivity contribution < 1.29 is 14.8 Å². The van der Waals surface area contributed by atoms with Crippen LogP contribution < -0.4 is 4.90 Å². The molecule has 18 heavy (non-hydrogen) atoms. The topological polar surface area (TPSA) is 83.7 Å². The molecule has 8 heteroatoms. The third kappa shape index (κ3) is 3.24. The maximum absolute atomic E-state index is 10.7. The smallest absolute Gasteiger partial charge is 0.323 e. The number of carbonyl (C=O) groups is 1. The van der Waals surface area contributed by atoms with Gasteiger partial charge in [-0.1, -0.05) is 23.2 Å². The summed E-state index contributed by atoms with van der Waals surface area (Å²) in [4.78, 5) is 22.1. The number of nitrogens with zero attached hydrogens (tertiary/aromatic N) is 2. The molecule has 1 rings (SSSR count). The van der Waals surface area contributed by atoms with Crippen LogP contribution in [0, 0.1) is 10.1 Å². The van der Waals surface area contributed by atoms with Crippen molar-refractivity contribution in [3.05, 3.63) is 32.3 Å². The fourth-order valence-corrected chi connectivity index (χ4v) is 2.19. The number of nitro benzene ring substituents is 1. The maximum atomic E-state index is 10.7. The molecule has 0 heterocycles. The molecule has 0 aliphatic heterocycles. The monoisotopic (exact) mass is 292 g/mol. The van der Waals surface area contributed by atoms with Crippen molar-refractivity contribution in [1.29, 1.82) is 0 Å². The van der Waals surface area contributed by atoms with E-state index in [-0.39, 0.29) is 28.0 Å². The van der Waals surface area contributed by atoms with E-state index in [0.29, 0.717) is 6.54 Å². The number of hydrogen-bond acceptors (Lipinski definition) is 4. The van der Waals surface area contributed by atoms with E-state index in [0.717, 1.165) is 12.1 Å². The van der Waals surface area contributed by atoms with Crippen LogP contribution in [0.3, 0.4) is 0 Å². The molecule has 0 bridgehead atoms. The molecular weight excluding hydrogens is 283 g/mol. The van der Waals surface area contributed by atoms with Crippen molar-refractivity contribution in [3.63, 3.8) is 0 Å². The highest BCUT2D eigenvalue weighted by Gasteiger charge is 2.20. The zero-order chi connectivity index (χ0) is 13.9. The molecule has 0 aromatic heterocycles. The number of benzene rings is 1. The summed E-state index contributed by atoms with van der Waals surface area (Å²) in [6.45, 7) is 1.81. The second-order valence-corrected chi connectivity index (χ2v) is 4.24. The van der Waals surface area contributed by atoms with Crippen molar-refractivity contribution >= 4 is 40.5 Å². The van der Waals surface area contributed by atoms with Crippen molar-refractivity contribution in [2.45, 2.75) is 6.92 Å². The standard InChI is InChI=1S/C10H10Cl2N2O4/c1-2-13(5-9(15)16)10-7(11)3-6(14(17)18)4-8(10)12/h3-4H,2,5H2,1H3,(H,15,16). The van der Waals surface area contributed by atoms with Gasteiger partial charge in [0.25, 0.3) is 5.69 Å². The van der Waals surface area contributed by atoms with E-state index in [9.17, 15) is 14.9 Å². The largest absolute Gasteiger partial charge is 0.480 e. The van der Waals surface area contributed by atoms with Crippen LogP contribution in [0.25, 0.3) is 0 Å². The lowest BCUT2D eigenvalue weighted by Gasteiger charge is -2.23. The van der Waals surface area contributed by atoms with E-state index in [1.165, 1.54) is 4.90 Å². The number of anilines is 1. The lowest BCUT2D eigenvalue weighted by molar-refractivity contribution is -0.384. The van der Waals surface area contributed by atoms with Crippen molar-refractivity contribution in [2.24, 2.45) is 0 Å². The Morgan fingerprint density at radius 2 is 1.94 bits per heavy atom.